The molecule has 1 aliphatic rings. The van der Waals surface area contributed by atoms with Crippen molar-refractivity contribution in [1.82, 2.24) is 0 Å². The van der Waals surface area contributed by atoms with E-state index in [-0.39, 0.29) is 18.3 Å². The van der Waals surface area contributed by atoms with Crippen molar-refractivity contribution in [3.8, 4) is 0 Å². The van der Waals surface area contributed by atoms with Gasteiger partial charge in [-0.1, -0.05) is 24.3 Å². The lowest BCUT2D eigenvalue weighted by Gasteiger charge is -2.23. The van der Waals surface area contributed by atoms with E-state index < -0.39 is 0 Å². The van der Waals surface area contributed by atoms with Crippen molar-refractivity contribution >= 4 is 5.78 Å². The van der Waals surface area contributed by atoms with Crippen LogP contribution in [0.5, 0.6) is 0 Å². The normalized spacial score (nSPS) is 19.7. The lowest BCUT2D eigenvalue weighted by Crippen LogP contribution is -2.25. The third-order valence-electron chi connectivity index (χ3n) is 3.09. The summed E-state index contributed by atoms with van der Waals surface area (Å²) in [6, 6.07) is 8.39. The van der Waals surface area contributed by atoms with Crippen molar-refractivity contribution < 1.29 is 9.53 Å². The van der Waals surface area contributed by atoms with Gasteiger partial charge in [0.05, 0.1) is 0 Å². The molecule has 1 aromatic carbocycles. The fraction of sp³-hybridized carbons (Fsp3) is 0.462. The van der Waals surface area contributed by atoms with Crippen molar-refractivity contribution in [3.05, 3.63) is 35.4 Å². The highest BCUT2D eigenvalue weighted by atomic mass is 16.5. The zero-order chi connectivity index (χ0) is 10.7. The fourth-order valence-corrected chi connectivity index (χ4v) is 2.23. The van der Waals surface area contributed by atoms with E-state index in [1.54, 1.807) is 7.11 Å². The molecule has 2 heteroatoms. The van der Waals surface area contributed by atoms with Gasteiger partial charge in [0.2, 0.25) is 0 Å². The molecule has 0 spiro atoms. The predicted molar refractivity (Wildman–Crippen MR) is 58.8 cm³/mol. The highest BCUT2D eigenvalue weighted by Crippen LogP contribution is 2.25. The Morgan fingerprint density at radius 2 is 2.13 bits per heavy atom. The average Bonchev–Trinajstić information content (AvgIpc) is 2.29. The van der Waals surface area contributed by atoms with Crippen molar-refractivity contribution in [2.45, 2.75) is 19.3 Å². The number of aryl methyl sites for hydroxylation is 1. The first-order valence-corrected chi connectivity index (χ1v) is 5.39. The van der Waals surface area contributed by atoms with Crippen LogP contribution in [0.2, 0.25) is 0 Å². The summed E-state index contributed by atoms with van der Waals surface area (Å²) in [5.74, 6) is 0.409. The standard InChI is InChI=1S/C13H16O2/c1-15-9-13(14)12-7-6-10-4-2-3-5-11(10)8-12/h2-5,12H,6-9H2,1H3. The van der Waals surface area contributed by atoms with E-state index in [0.29, 0.717) is 0 Å². The minimum absolute atomic E-state index is 0.167. The second-order valence-corrected chi connectivity index (χ2v) is 4.11. The number of rotatable bonds is 3. The maximum absolute atomic E-state index is 11.7. The summed E-state index contributed by atoms with van der Waals surface area (Å²) >= 11 is 0. The van der Waals surface area contributed by atoms with Crippen molar-refractivity contribution in [1.29, 1.82) is 0 Å². The molecule has 0 aromatic heterocycles. The van der Waals surface area contributed by atoms with E-state index >= 15 is 0 Å². The number of hydrogen-bond donors (Lipinski definition) is 0. The Balaban J connectivity index is 2.08. The van der Waals surface area contributed by atoms with Crippen LogP contribution < -0.4 is 0 Å². The molecule has 15 heavy (non-hydrogen) atoms. The van der Waals surface area contributed by atoms with Crippen LogP contribution >= 0.6 is 0 Å². The lowest BCUT2D eigenvalue weighted by molar-refractivity contribution is -0.126. The molecule has 0 N–H and O–H groups in total. The Hall–Kier alpha value is -1.15. The Kier molecular flexibility index (Phi) is 3.17. The van der Waals surface area contributed by atoms with Gasteiger partial charge in [-0.3, -0.25) is 4.79 Å². The van der Waals surface area contributed by atoms with Crippen LogP contribution in [0.15, 0.2) is 24.3 Å². The maximum Gasteiger partial charge on any atom is 0.161 e. The minimum Gasteiger partial charge on any atom is -0.377 e. The number of methoxy groups -OCH3 is 1. The van der Waals surface area contributed by atoms with Gasteiger partial charge in [0.25, 0.3) is 0 Å². The molecule has 0 radical (unpaired) electrons. The summed E-state index contributed by atoms with van der Waals surface area (Å²) in [7, 11) is 1.58. The summed E-state index contributed by atoms with van der Waals surface area (Å²) in [6.07, 6.45) is 2.88. The molecule has 80 valence electrons. The Morgan fingerprint density at radius 3 is 2.87 bits per heavy atom. The monoisotopic (exact) mass is 204 g/mol. The van der Waals surface area contributed by atoms with Crippen LogP contribution in [0.1, 0.15) is 17.5 Å². The molecular weight excluding hydrogens is 188 g/mol. The molecule has 0 saturated carbocycles. The molecule has 0 fully saturated rings. The molecular formula is C13H16O2. The smallest absolute Gasteiger partial charge is 0.161 e. The van der Waals surface area contributed by atoms with Crippen LogP contribution in [-0.2, 0) is 22.4 Å². The van der Waals surface area contributed by atoms with Crippen LogP contribution in [0.4, 0.5) is 0 Å². The van der Waals surface area contributed by atoms with Crippen LogP contribution in [-0.4, -0.2) is 19.5 Å². The molecule has 1 aliphatic carbocycles. The SMILES string of the molecule is COCC(=O)C1CCc2ccccc2C1. The highest BCUT2D eigenvalue weighted by Gasteiger charge is 2.23. The molecule has 0 aliphatic heterocycles. The van der Waals surface area contributed by atoms with Gasteiger partial charge < -0.3 is 4.74 Å². The maximum atomic E-state index is 11.7. The van der Waals surface area contributed by atoms with Gasteiger partial charge in [-0.15, -0.1) is 0 Å². The third kappa shape index (κ3) is 2.26. The Morgan fingerprint density at radius 1 is 1.40 bits per heavy atom. The quantitative estimate of drug-likeness (QED) is 0.752. The van der Waals surface area contributed by atoms with Crippen molar-refractivity contribution in [2.75, 3.05) is 13.7 Å². The minimum atomic E-state index is 0.167. The molecule has 1 unspecified atom stereocenters. The van der Waals surface area contributed by atoms with Crippen molar-refractivity contribution in [2.24, 2.45) is 5.92 Å². The Labute approximate surface area is 90.3 Å². The second-order valence-electron chi connectivity index (χ2n) is 4.11. The van der Waals surface area contributed by atoms with Gasteiger partial charge in [-0.25, -0.2) is 0 Å². The topological polar surface area (TPSA) is 26.3 Å². The molecule has 2 nitrogen and oxygen atoms in total. The first-order valence-electron chi connectivity index (χ1n) is 5.39. The predicted octanol–water partition coefficient (Wildman–Crippen LogP) is 2.01. The van der Waals surface area contributed by atoms with E-state index in [9.17, 15) is 4.79 Å². The molecule has 0 amide bonds. The van der Waals surface area contributed by atoms with Gasteiger partial charge in [-0.2, -0.15) is 0 Å². The molecule has 1 atom stereocenters. The third-order valence-corrected chi connectivity index (χ3v) is 3.09. The summed E-state index contributed by atoms with van der Waals surface area (Å²) in [6.45, 7) is 0.257. The number of benzene rings is 1. The van der Waals surface area contributed by atoms with E-state index in [2.05, 4.69) is 18.2 Å². The number of hydrogen-bond acceptors (Lipinski definition) is 2. The van der Waals surface area contributed by atoms with E-state index in [4.69, 9.17) is 4.74 Å². The van der Waals surface area contributed by atoms with Crippen molar-refractivity contribution in [3.63, 3.8) is 0 Å². The van der Waals surface area contributed by atoms with Gasteiger partial charge in [0.15, 0.2) is 5.78 Å². The Bertz CT molecular complexity index is 357. The highest BCUT2D eigenvalue weighted by molar-refractivity contribution is 5.82. The number of fused-ring (bicyclic) bond motifs is 1. The molecule has 1 aromatic rings. The summed E-state index contributed by atoms with van der Waals surface area (Å²) in [5.41, 5.74) is 2.73. The van der Waals surface area contributed by atoms with Crippen LogP contribution in [0.3, 0.4) is 0 Å². The van der Waals surface area contributed by atoms with Gasteiger partial charge >= 0.3 is 0 Å². The van der Waals surface area contributed by atoms with E-state index in [0.717, 1.165) is 19.3 Å². The molecule has 2 rings (SSSR count). The molecule has 0 bridgehead atoms. The summed E-state index contributed by atoms with van der Waals surface area (Å²) in [5, 5.41) is 0. The fourth-order valence-electron chi connectivity index (χ4n) is 2.23. The van der Waals surface area contributed by atoms with Gasteiger partial charge in [0.1, 0.15) is 6.61 Å². The molecule has 0 saturated heterocycles. The number of ketones is 1. The lowest BCUT2D eigenvalue weighted by atomic mass is 9.82. The van der Waals surface area contributed by atoms with E-state index in [1.165, 1.54) is 11.1 Å². The average molecular weight is 204 g/mol. The summed E-state index contributed by atoms with van der Waals surface area (Å²) < 4.78 is 4.90. The van der Waals surface area contributed by atoms with Crippen LogP contribution in [0, 0.1) is 5.92 Å². The largest absolute Gasteiger partial charge is 0.377 e. The zero-order valence-electron chi connectivity index (χ0n) is 9.03. The molecule has 0 heterocycles. The number of carbonyl (C=O) groups is 1. The number of Topliss-reactive ketones (excluding diaryl/α,β-unsaturated/α-hetero) is 1. The van der Waals surface area contributed by atoms with Gasteiger partial charge in [-0.05, 0) is 30.4 Å². The first kappa shape index (κ1) is 10.4. The van der Waals surface area contributed by atoms with Gasteiger partial charge in [0, 0.05) is 13.0 Å². The second kappa shape index (κ2) is 4.58. The van der Waals surface area contributed by atoms with Crippen LogP contribution in [0.25, 0.3) is 0 Å². The number of ether oxygens (including phenoxy) is 1. The number of carbonyl (C=O) groups excluding carboxylic acids is 1. The zero-order valence-corrected chi connectivity index (χ0v) is 9.03. The van der Waals surface area contributed by atoms with E-state index in [1.807, 2.05) is 6.07 Å². The first-order chi connectivity index (χ1) is 7.31. The summed E-state index contributed by atoms with van der Waals surface area (Å²) in [4.78, 5) is 11.7.